The average Bonchev–Trinajstić information content (AvgIpc) is 3.08. The number of allylic oxidation sites excluding steroid dienone is 4. The van der Waals surface area contributed by atoms with Gasteiger partial charge in [0.2, 0.25) is 0 Å². The summed E-state index contributed by atoms with van der Waals surface area (Å²) in [5.74, 6) is 0. The van der Waals surface area contributed by atoms with Gasteiger partial charge in [-0.25, -0.2) is 0 Å². The van der Waals surface area contributed by atoms with Gasteiger partial charge in [0.25, 0.3) is 0 Å². The lowest BCUT2D eigenvalue weighted by Gasteiger charge is -2.36. The highest BCUT2D eigenvalue weighted by Gasteiger charge is 2.27. The lowest BCUT2D eigenvalue weighted by molar-refractivity contribution is 0.802. The third-order valence-electron chi connectivity index (χ3n) is 8.96. The fraction of sp³-hybridized carbons (Fsp3) is 0.116. The summed E-state index contributed by atoms with van der Waals surface area (Å²) in [7, 11) is 2.23. The van der Waals surface area contributed by atoms with Crippen LogP contribution in [-0.4, -0.2) is 7.05 Å². The van der Waals surface area contributed by atoms with E-state index in [0.29, 0.717) is 0 Å². The van der Waals surface area contributed by atoms with Crippen LogP contribution in [0.2, 0.25) is 0 Å². The second kappa shape index (κ2) is 11.9. The third-order valence-corrected chi connectivity index (χ3v) is 8.96. The monoisotopic (exact) mass is 567 g/mol. The van der Waals surface area contributed by atoms with Crippen molar-refractivity contribution in [3.05, 3.63) is 174 Å². The predicted molar refractivity (Wildman–Crippen MR) is 191 cm³/mol. The van der Waals surface area contributed by atoms with Crippen LogP contribution < -0.4 is 4.90 Å². The first kappa shape index (κ1) is 27.7. The fourth-order valence-corrected chi connectivity index (χ4v) is 6.55. The Morgan fingerprint density at radius 3 is 2.09 bits per heavy atom. The minimum atomic E-state index is 0.110. The van der Waals surface area contributed by atoms with Gasteiger partial charge in [-0.2, -0.15) is 0 Å². The van der Waals surface area contributed by atoms with Gasteiger partial charge < -0.3 is 4.90 Å². The quantitative estimate of drug-likeness (QED) is 0.181. The van der Waals surface area contributed by atoms with Crippen molar-refractivity contribution < 1.29 is 0 Å². The first-order valence-electron chi connectivity index (χ1n) is 15.6. The summed E-state index contributed by atoms with van der Waals surface area (Å²) in [6.45, 7) is 4.30. The first-order chi connectivity index (χ1) is 21.6. The SMILES string of the molecule is C/C=C(\C=C/CC)c1cccc(C2=CC(c3ccc4ccccc4c3)N(C)c3ccc(-c4ccc5ccccc5c4)cc32)c1. The Morgan fingerprint density at radius 1 is 0.659 bits per heavy atom. The van der Waals surface area contributed by atoms with Crippen LogP contribution in [0.15, 0.2) is 152 Å². The van der Waals surface area contributed by atoms with E-state index in [2.05, 4.69) is 177 Å². The molecule has 1 aliphatic heterocycles. The Bertz CT molecular complexity index is 2090. The molecule has 1 heteroatoms. The Labute approximate surface area is 261 Å². The largest absolute Gasteiger partial charge is 0.364 e. The summed E-state index contributed by atoms with van der Waals surface area (Å²) < 4.78 is 0. The lowest BCUT2D eigenvalue weighted by atomic mass is 9.85. The molecule has 44 heavy (non-hydrogen) atoms. The second-order valence-electron chi connectivity index (χ2n) is 11.7. The van der Waals surface area contributed by atoms with E-state index in [-0.39, 0.29) is 6.04 Å². The number of anilines is 1. The second-order valence-corrected chi connectivity index (χ2v) is 11.7. The van der Waals surface area contributed by atoms with Crippen molar-refractivity contribution in [2.75, 3.05) is 11.9 Å². The standard InChI is InChI=1S/C43H37N/c1-4-6-12-30(5-2)33-17-11-18-38(26-33)40-29-43(39-22-20-32-14-8-10-16-35(32)27-39)44(3)42-24-23-37(28-41(40)42)36-21-19-31-13-7-9-15-34(31)25-36/h5-29,43H,4H2,1-3H3/b12-6-,30-5+. The first-order valence-corrected chi connectivity index (χ1v) is 15.6. The van der Waals surface area contributed by atoms with Crippen LogP contribution in [0.1, 0.15) is 48.6 Å². The highest BCUT2D eigenvalue weighted by atomic mass is 15.1. The molecule has 1 nitrogen and oxygen atoms in total. The van der Waals surface area contributed by atoms with Crippen molar-refractivity contribution in [1.82, 2.24) is 0 Å². The summed E-state index contributed by atoms with van der Waals surface area (Å²) in [6.07, 6.45) is 10.2. The number of hydrogen-bond donors (Lipinski definition) is 0. The smallest absolute Gasteiger partial charge is 0.0733 e. The number of benzene rings is 6. The van der Waals surface area contributed by atoms with E-state index in [4.69, 9.17) is 0 Å². The van der Waals surface area contributed by atoms with Crippen LogP contribution >= 0.6 is 0 Å². The highest BCUT2D eigenvalue weighted by Crippen LogP contribution is 2.44. The Morgan fingerprint density at radius 2 is 1.34 bits per heavy atom. The van der Waals surface area contributed by atoms with E-state index in [1.807, 2.05) is 0 Å². The van der Waals surface area contributed by atoms with Crippen molar-refractivity contribution >= 4 is 38.4 Å². The highest BCUT2D eigenvalue weighted by molar-refractivity contribution is 5.94. The summed E-state index contributed by atoms with van der Waals surface area (Å²) in [5.41, 5.74) is 11.3. The number of rotatable bonds is 6. The Kier molecular flexibility index (Phi) is 7.46. The van der Waals surface area contributed by atoms with Crippen molar-refractivity contribution in [3.63, 3.8) is 0 Å². The fourth-order valence-electron chi connectivity index (χ4n) is 6.55. The normalized spacial score (nSPS) is 15.2. The minimum Gasteiger partial charge on any atom is -0.364 e. The predicted octanol–water partition coefficient (Wildman–Crippen LogP) is 11.7. The molecule has 0 N–H and O–H groups in total. The third kappa shape index (κ3) is 5.16. The molecular formula is C43H37N. The molecule has 6 aromatic rings. The molecular weight excluding hydrogens is 530 g/mol. The summed E-state index contributed by atoms with van der Waals surface area (Å²) in [6, 6.07) is 47.0. The zero-order chi connectivity index (χ0) is 30.0. The van der Waals surface area contributed by atoms with Crippen LogP contribution in [0.4, 0.5) is 5.69 Å². The molecule has 1 atom stereocenters. The van der Waals surface area contributed by atoms with Crippen LogP contribution in [0.3, 0.4) is 0 Å². The van der Waals surface area contributed by atoms with Gasteiger partial charge in [-0.15, -0.1) is 0 Å². The van der Waals surface area contributed by atoms with Crippen LogP contribution in [0.25, 0.3) is 43.8 Å². The number of likely N-dealkylation sites (N-methyl/N-ethyl adjacent to an activating group) is 1. The average molecular weight is 568 g/mol. The maximum Gasteiger partial charge on any atom is 0.0733 e. The van der Waals surface area contributed by atoms with Gasteiger partial charge >= 0.3 is 0 Å². The Balaban J connectivity index is 1.39. The van der Waals surface area contributed by atoms with Crippen molar-refractivity contribution in [2.45, 2.75) is 26.3 Å². The van der Waals surface area contributed by atoms with E-state index < -0.39 is 0 Å². The van der Waals surface area contributed by atoms with Crippen LogP contribution in [0, 0.1) is 0 Å². The van der Waals surface area contributed by atoms with E-state index in [0.717, 1.165) is 6.42 Å². The molecule has 0 radical (unpaired) electrons. The zero-order valence-electron chi connectivity index (χ0n) is 25.7. The van der Waals surface area contributed by atoms with Crippen molar-refractivity contribution in [1.29, 1.82) is 0 Å². The molecule has 7 rings (SSSR count). The van der Waals surface area contributed by atoms with Crippen molar-refractivity contribution in [3.8, 4) is 11.1 Å². The van der Waals surface area contributed by atoms with E-state index in [1.54, 1.807) is 0 Å². The van der Waals surface area contributed by atoms with Crippen LogP contribution in [-0.2, 0) is 0 Å². The molecule has 6 aromatic carbocycles. The van der Waals surface area contributed by atoms with Gasteiger partial charge in [-0.3, -0.25) is 0 Å². The summed E-state index contributed by atoms with van der Waals surface area (Å²) in [4.78, 5) is 2.43. The molecule has 0 saturated carbocycles. The minimum absolute atomic E-state index is 0.110. The van der Waals surface area contributed by atoms with Gasteiger partial charge in [0.1, 0.15) is 0 Å². The molecule has 0 amide bonds. The molecule has 0 spiro atoms. The maximum absolute atomic E-state index is 2.47. The van der Waals surface area contributed by atoms with E-state index in [1.165, 1.54) is 71.8 Å². The number of fused-ring (bicyclic) bond motifs is 3. The van der Waals surface area contributed by atoms with Gasteiger partial charge in [-0.1, -0.05) is 122 Å². The van der Waals surface area contributed by atoms with Crippen molar-refractivity contribution in [2.24, 2.45) is 0 Å². The molecule has 0 aromatic heterocycles. The van der Waals surface area contributed by atoms with Gasteiger partial charge in [0.05, 0.1) is 6.04 Å². The van der Waals surface area contributed by atoms with E-state index in [9.17, 15) is 0 Å². The molecule has 1 unspecified atom stereocenters. The van der Waals surface area contributed by atoms with Gasteiger partial charge in [0, 0.05) is 18.3 Å². The number of hydrogen-bond acceptors (Lipinski definition) is 1. The molecule has 214 valence electrons. The van der Waals surface area contributed by atoms with Gasteiger partial charge in [-0.05, 0) is 110 Å². The number of nitrogens with zero attached hydrogens (tertiary/aromatic N) is 1. The zero-order valence-corrected chi connectivity index (χ0v) is 25.7. The molecule has 1 aliphatic rings. The molecule has 0 fully saturated rings. The summed E-state index contributed by atoms with van der Waals surface area (Å²) >= 11 is 0. The molecule has 0 saturated heterocycles. The van der Waals surface area contributed by atoms with E-state index >= 15 is 0 Å². The van der Waals surface area contributed by atoms with Crippen LogP contribution in [0.5, 0.6) is 0 Å². The molecule has 1 heterocycles. The summed E-state index contributed by atoms with van der Waals surface area (Å²) in [5, 5.41) is 5.07. The van der Waals surface area contributed by atoms with Gasteiger partial charge in [0.15, 0.2) is 0 Å². The topological polar surface area (TPSA) is 3.24 Å². The maximum atomic E-state index is 2.47. The lowest BCUT2D eigenvalue weighted by Crippen LogP contribution is -2.27. The molecule has 0 bridgehead atoms. The Hall–Kier alpha value is -5.14. The molecule has 0 aliphatic carbocycles.